The summed E-state index contributed by atoms with van der Waals surface area (Å²) >= 11 is -0.00789. The second-order valence-electron chi connectivity index (χ2n) is 2.24. The molecule has 69 valence electrons. The third-order valence-corrected chi connectivity index (χ3v) is 4.78. The Bertz CT molecular complexity index is 387. The molecule has 0 amide bonds. The molecule has 2 aliphatic heterocycles. The van der Waals surface area contributed by atoms with Gasteiger partial charge in [-0.2, -0.15) is 0 Å². The van der Waals surface area contributed by atoms with Crippen molar-refractivity contribution in [1.82, 2.24) is 3.13 Å². The van der Waals surface area contributed by atoms with Crippen LogP contribution in [0.2, 0.25) is 0 Å². The van der Waals surface area contributed by atoms with Gasteiger partial charge in [0.25, 0.3) is 0 Å². The van der Waals surface area contributed by atoms with Gasteiger partial charge in [-0.3, -0.25) is 0 Å². The Kier molecular flexibility index (Phi) is 1.97. The van der Waals surface area contributed by atoms with Crippen molar-refractivity contribution in [3.05, 3.63) is 24.3 Å². The number of anilines is 1. The number of rotatable bonds is 0. The molecule has 1 aromatic rings. The Morgan fingerprint density at radius 3 is 2.50 bits per heavy atom. The van der Waals surface area contributed by atoms with E-state index in [2.05, 4.69) is 6.85 Å². The minimum absolute atomic E-state index is 0.00789. The summed E-state index contributed by atoms with van der Waals surface area (Å²) in [5.41, 5.74) is 0.931. The molecule has 6 heteroatoms. The maximum atomic E-state index is 11.3. The van der Waals surface area contributed by atoms with Crippen molar-refractivity contribution in [1.29, 1.82) is 0 Å². The maximum absolute atomic E-state index is 11.3. The zero-order valence-corrected chi connectivity index (χ0v) is 8.13. The van der Waals surface area contributed by atoms with E-state index >= 15 is 0 Å². The van der Waals surface area contributed by atoms with Crippen molar-refractivity contribution >= 4 is 15.7 Å². The summed E-state index contributed by atoms with van der Waals surface area (Å²) in [6.07, 6.45) is 0. The Morgan fingerprint density at radius 1 is 1.17 bits per heavy atom. The van der Waals surface area contributed by atoms with Crippen LogP contribution in [-0.4, -0.2) is 8.42 Å². The fourth-order valence-electron chi connectivity index (χ4n) is 0.819. The van der Waals surface area contributed by atoms with Crippen LogP contribution in [0, 0.1) is 0 Å². The van der Waals surface area contributed by atoms with Crippen LogP contribution in [0.3, 0.4) is 0 Å². The molecule has 0 unspecified atom stereocenters. The molecule has 0 spiro atoms. The summed E-state index contributed by atoms with van der Waals surface area (Å²) in [7, 11) is -3.26. The summed E-state index contributed by atoms with van der Waals surface area (Å²) in [4.78, 5) is 0.320. The molecule has 12 heavy (non-hydrogen) atoms. The van der Waals surface area contributed by atoms with E-state index in [1.165, 1.54) is 0 Å². The fourth-order valence-corrected chi connectivity index (χ4v) is 3.31. The third kappa shape index (κ3) is 1.41. The summed E-state index contributed by atoms with van der Waals surface area (Å²) in [6.45, 7) is 0. The van der Waals surface area contributed by atoms with Gasteiger partial charge in [0.2, 0.25) is 0 Å². The van der Waals surface area contributed by atoms with E-state index in [0.29, 0.717) is 4.90 Å². The van der Waals surface area contributed by atoms with Crippen LogP contribution >= 0.6 is 0 Å². The minimum atomic E-state index is -3.26. The number of fused-ring (bicyclic) bond motifs is 5. The van der Waals surface area contributed by atoms with Crippen molar-refractivity contribution < 1.29 is 28.7 Å². The van der Waals surface area contributed by atoms with E-state index < -0.39 is 10.0 Å². The number of hydrogen-bond acceptors (Lipinski definition) is 3. The number of sulfonamides is 1. The van der Waals surface area contributed by atoms with Crippen molar-refractivity contribution in [2.24, 2.45) is 0 Å². The van der Waals surface area contributed by atoms with Crippen LogP contribution < -0.4 is 6.85 Å². The number of hydrogen-bond donors (Lipinski definition) is 2. The molecule has 2 N–H and O–H groups in total. The molecular formula is C6H6AgN2O2S. The predicted molar refractivity (Wildman–Crippen MR) is 40.4 cm³/mol. The molecule has 0 aromatic heterocycles. The van der Waals surface area contributed by atoms with E-state index in [0.717, 1.165) is 5.69 Å². The van der Waals surface area contributed by atoms with Crippen LogP contribution in [0.5, 0.6) is 0 Å². The van der Waals surface area contributed by atoms with Crippen molar-refractivity contribution in [3.8, 4) is 0 Å². The van der Waals surface area contributed by atoms with Crippen LogP contribution in [0.1, 0.15) is 0 Å². The first kappa shape index (κ1) is 8.28. The van der Waals surface area contributed by atoms with Gasteiger partial charge in [0.05, 0.1) is 0 Å². The second kappa shape index (κ2) is 2.86. The summed E-state index contributed by atoms with van der Waals surface area (Å²) in [6, 6.07) is 6.66. The topological polar surface area (TPSA) is 58.2 Å². The SMILES string of the molecule is O=S1(=O)[NH][Ag][NH]c2ccc1cc2. The zero-order valence-electron chi connectivity index (χ0n) is 5.84. The van der Waals surface area contributed by atoms with Crippen LogP contribution in [-0.2, 0) is 30.3 Å². The second-order valence-corrected chi connectivity index (χ2v) is 5.49. The van der Waals surface area contributed by atoms with Crippen molar-refractivity contribution in [2.45, 2.75) is 4.90 Å². The molecule has 0 saturated heterocycles. The van der Waals surface area contributed by atoms with E-state index in [9.17, 15) is 8.42 Å². The van der Waals surface area contributed by atoms with Crippen LogP contribution in [0.15, 0.2) is 29.2 Å². The van der Waals surface area contributed by atoms with Gasteiger partial charge in [-0.1, -0.05) is 0 Å². The van der Waals surface area contributed by atoms with Gasteiger partial charge >= 0.3 is 80.4 Å². The molecule has 4 nitrogen and oxygen atoms in total. The average Bonchev–Trinajstić information content (AvgIpc) is 2.02. The van der Waals surface area contributed by atoms with Crippen molar-refractivity contribution in [2.75, 3.05) is 3.72 Å². The monoisotopic (exact) mass is 277 g/mol. The van der Waals surface area contributed by atoms with Gasteiger partial charge in [-0.05, 0) is 0 Å². The molecule has 2 heterocycles. The number of benzene rings is 1. The molecule has 2 aliphatic rings. The van der Waals surface area contributed by atoms with Gasteiger partial charge in [-0.15, -0.1) is 0 Å². The Labute approximate surface area is 80.4 Å². The summed E-state index contributed by atoms with van der Waals surface area (Å²) in [5.74, 6) is 0. The molecule has 0 aliphatic carbocycles. The first-order chi connectivity index (χ1) is 5.68. The van der Waals surface area contributed by atoms with Gasteiger partial charge in [0.1, 0.15) is 0 Å². The van der Waals surface area contributed by atoms with Crippen molar-refractivity contribution in [3.63, 3.8) is 0 Å². The van der Waals surface area contributed by atoms with Crippen LogP contribution in [0.4, 0.5) is 5.69 Å². The van der Waals surface area contributed by atoms with Gasteiger partial charge < -0.3 is 0 Å². The third-order valence-electron chi connectivity index (χ3n) is 1.40. The van der Waals surface area contributed by atoms with Gasteiger partial charge in [0.15, 0.2) is 0 Å². The van der Waals surface area contributed by atoms with E-state index in [1.54, 1.807) is 24.3 Å². The Hall–Kier alpha value is -0.330. The van der Waals surface area contributed by atoms with E-state index in [1.807, 2.05) is 0 Å². The molecule has 0 radical (unpaired) electrons. The quantitative estimate of drug-likeness (QED) is 0.671. The van der Waals surface area contributed by atoms with E-state index in [4.69, 9.17) is 0 Å². The average molecular weight is 278 g/mol. The zero-order chi connectivity index (χ0) is 8.60. The van der Waals surface area contributed by atoms with Crippen LogP contribution in [0.25, 0.3) is 0 Å². The molecule has 2 bridgehead atoms. The number of nitrogens with one attached hydrogen (secondary N) is 2. The Morgan fingerprint density at radius 2 is 1.83 bits per heavy atom. The molecule has 0 saturated carbocycles. The Balaban J connectivity index is 2.63. The van der Waals surface area contributed by atoms with Gasteiger partial charge in [0, 0.05) is 0 Å². The normalized spacial score (nSPS) is 20.0. The summed E-state index contributed by atoms with van der Waals surface area (Å²) < 4.78 is 28.0. The van der Waals surface area contributed by atoms with E-state index in [-0.39, 0.29) is 20.3 Å². The first-order valence-corrected chi connectivity index (χ1v) is 6.08. The molecule has 3 rings (SSSR count). The molecule has 1 aromatic carbocycles. The summed E-state index contributed by atoms with van der Waals surface area (Å²) in [5, 5.41) is 0. The standard InChI is InChI=1S/C6H6N2O2S.Ag/c7-5-1-3-6(4-2-5)11(8,9)10;/h1-4,7H,(H-,8,9,10);/q-2;+2. The first-order valence-electron chi connectivity index (χ1n) is 3.11. The molecular weight excluding hydrogens is 272 g/mol. The molecule has 0 atom stereocenters. The predicted octanol–water partition coefficient (Wildman–Crippen LogP) is 0.303. The molecule has 0 fully saturated rings. The van der Waals surface area contributed by atoms with Gasteiger partial charge in [-0.25, -0.2) is 0 Å². The fraction of sp³-hybridized carbons (Fsp3) is 0.